The highest BCUT2D eigenvalue weighted by Gasteiger charge is 2.21. The molecule has 0 bridgehead atoms. The largest absolute Gasteiger partial charge is 0.319 e. The first-order chi connectivity index (χ1) is 10.5. The molecular formula is C16H13F2NOS2. The van der Waals surface area contributed by atoms with E-state index in [1.807, 2.05) is 6.08 Å². The summed E-state index contributed by atoms with van der Waals surface area (Å²) in [6, 6.07) is 3.09. The number of hydrogen-bond donors (Lipinski definition) is 1. The standard InChI is InChI=1S/C16H13F2NOS2/c1-8-9(2)22-14-6-15(21-7-11(8)14)16(20)19-13-4-3-10(17)5-12(13)18/h3-6H,7H2,1-2H3,(H,19,20). The molecule has 1 amide bonds. The van der Waals surface area contributed by atoms with Crippen molar-refractivity contribution in [2.45, 2.75) is 19.6 Å². The summed E-state index contributed by atoms with van der Waals surface area (Å²) in [4.78, 5) is 15.1. The van der Waals surface area contributed by atoms with Crippen molar-refractivity contribution in [1.29, 1.82) is 0 Å². The Morgan fingerprint density at radius 2 is 2.05 bits per heavy atom. The lowest BCUT2D eigenvalue weighted by Crippen LogP contribution is -2.15. The van der Waals surface area contributed by atoms with E-state index in [0.717, 1.165) is 22.8 Å². The van der Waals surface area contributed by atoms with Crippen molar-refractivity contribution >= 4 is 40.8 Å². The molecule has 2 aromatic rings. The molecule has 0 unspecified atom stereocenters. The van der Waals surface area contributed by atoms with E-state index in [4.69, 9.17) is 0 Å². The summed E-state index contributed by atoms with van der Waals surface area (Å²) >= 11 is 3.08. The zero-order chi connectivity index (χ0) is 15.9. The van der Waals surface area contributed by atoms with Crippen molar-refractivity contribution in [3.8, 4) is 0 Å². The van der Waals surface area contributed by atoms with E-state index in [-0.39, 0.29) is 11.6 Å². The van der Waals surface area contributed by atoms with Gasteiger partial charge in [-0.1, -0.05) is 0 Å². The Morgan fingerprint density at radius 1 is 1.27 bits per heavy atom. The molecule has 22 heavy (non-hydrogen) atoms. The number of carbonyl (C=O) groups excluding carboxylic acids is 1. The normalized spacial score (nSPS) is 13.5. The maximum atomic E-state index is 13.6. The van der Waals surface area contributed by atoms with Crippen molar-refractivity contribution in [1.82, 2.24) is 0 Å². The van der Waals surface area contributed by atoms with Crippen molar-refractivity contribution in [2.24, 2.45) is 0 Å². The molecule has 2 heterocycles. The van der Waals surface area contributed by atoms with Gasteiger partial charge in [0.15, 0.2) is 0 Å². The lowest BCUT2D eigenvalue weighted by atomic mass is 10.1. The minimum atomic E-state index is -0.779. The van der Waals surface area contributed by atoms with Gasteiger partial charge in [0.25, 0.3) is 5.91 Å². The van der Waals surface area contributed by atoms with E-state index in [2.05, 4.69) is 19.2 Å². The van der Waals surface area contributed by atoms with Crippen molar-refractivity contribution < 1.29 is 13.6 Å². The Balaban J connectivity index is 1.84. The van der Waals surface area contributed by atoms with Crippen LogP contribution in [-0.4, -0.2) is 5.91 Å². The van der Waals surface area contributed by atoms with Crippen LogP contribution in [0.2, 0.25) is 0 Å². The number of thioether (sulfide) groups is 1. The van der Waals surface area contributed by atoms with Gasteiger partial charge in [0.1, 0.15) is 11.6 Å². The Kier molecular flexibility index (Phi) is 4.06. The molecule has 1 aromatic heterocycles. The lowest BCUT2D eigenvalue weighted by molar-refractivity contribution is -0.112. The van der Waals surface area contributed by atoms with Gasteiger partial charge in [0.2, 0.25) is 0 Å². The van der Waals surface area contributed by atoms with Crippen LogP contribution in [0.4, 0.5) is 14.5 Å². The summed E-state index contributed by atoms with van der Waals surface area (Å²) in [6.45, 7) is 4.14. The van der Waals surface area contributed by atoms with E-state index in [0.29, 0.717) is 4.91 Å². The average Bonchev–Trinajstić information content (AvgIpc) is 2.76. The molecule has 0 atom stereocenters. The zero-order valence-corrected chi connectivity index (χ0v) is 13.6. The van der Waals surface area contributed by atoms with Crippen molar-refractivity contribution in [2.75, 3.05) is 5.32 Å². The van der Waals surface area contributed by atoms with Gasteiger partial charge in [-0.15, -0.1) is 23.1 Å². The Labute approximate surface area is 135 Å². The van der Waals surface area contributed by atoms with Crippen LogP contribution < -0.4 is 5.32 Å². The van der Waals surface area contributed by atoms with E-state index in [9.17, 15) is 13.6 Å². The quantitative estimate of drug-likeness (QED) is 0.847. The van der Waals surface area contributed by atoms with Crippen LogP contribution >= 0.6 is 23.1 Å². The number of rotatable bonds is 2. The number of amides is 1. The van der Waals surface area contributed by atoms with Crippen LogP contribution in [0.15, 0.2) is 23.1 Å². The third kappa shape index (κ3) is 2.80. The van der Waals surface area contributed by atoms with Gasteiger partial charge >= 0.3 is 0 Å². The third-order valence-corrected chi connectivity index (χ3v) is 5.82. The van der Waals surface area contributed by atoms with Crippen LogP contribution in [0.1, 0.15) is 20.9 Å². The number of aryl methyl sites for hydroxylation is 1. The minimum absolute atomic E-state index is 0.0164. The van der Waals surface area contributed by atoms with Crippen LogP contribution in [0.3, 0.4) is 0 Å². The number of benzene rings is 1. The van der Waals surface area contributed by atoms with E-state index >= 15 is 0 Å². The third-order valence-electron chi connectivity index (χ3n) is 3.58. The molecule has 0 radical (unpaired) electrons. The summed E-state index contributed by atoms with van der Waals surface area (Å²) in [5.74, 6) is -1.09. The van der Waals surface area contributed by atoms with Gasteiger partial charge in [-0.2, -0.15) is 0 Å². The summed E-state index contributed by atoms with van der Waals surface area (Å²) in [6.07, 6.45) is 1.84. The summed E-state index contributed by atoms with van der Waals surface area (Å²) in [5.41, 5.74) is 2.52. The second kappa shape index (κ2) is 5.85. The van der Waals surface area contributed by atoms with Gasteiger partial charge in [-0.05, 0) is 43.2 Å². The maximum absolute atomic E-state index is 13.6. The number of nitrogens with one attached hydrogen (secondary N) is 1. The number of carbonyl (C=O) groups is 1. The Morgan fingerprint density at radius 3 is 2.77 bits per heavy atom. The number of anilines is 1. The summed E-state index contributed by atoms with van der Waals surface area (Å²) in [5, 5.41) is 2.49. The summed E-state index contributed by atoms with van der Waals surface area (Å²) < 4.78 is 26.5. The first-order valence-corrected chi connectivity index (χ1v) is 8.45. The smallest absolute Gasteiger partial charge is 0.262 e. The Bertz CT molecular complexity index is 796. The fourth-order valence-corrected chi connectivity index (χ4v) is 4.57. The van der Waals surface area contributed by atoms with E-state index < -0.39 is 11.6 Å². The number of fused-ring (bicyclic) bond motifs is 1. The number of halogens is 2. The molecule has 0 aliphatic carbocycles. The van der Waals surface area contributed by atoms with Crippen LogP contribution in [0.25, 0.3) is 6.08 Å². The topological polar surface area (TPSA) is 29.1 Å². The second-order valence-electron chi connectivity index (χ2n) is 5.00. The molecule has 0 fully saturated rings. The minimum Gasteiger partial charge on any atom is -0.319 e. The molecule has 114 valence electrons. The number of thiophene rings is 1. The van der Waals surface area contributed by atoms with Crippen LogP contribution in [0.5, 0.6) is 0 Å². The van der Waals surface area contributed by atoms with E-state index in [1.54, 1.807) is 11.3 Å². The highest BCUT2D eigenvalue weighted by molar-refractivity contribution is 8.03. The number of hydrogen-bond acceptors (Lipinski definition) is 3. The Hall–Kier alpha value is -1.66. The van der Waals surface area contributed by atoms with Crippen LogP contribution in [-0.2, 0) is 10.5 Å². The molecule has 6 heteroatoms. The fraction of sp³-hybridized carbons (Fsp3) is 0.188. The fourth-order valence-electron chi connectivity index (χ4n) is 2.21. The predicted octanol–water partition coefficient (Wildman–Crippen LogP) is 4.87. The van der Waals surface area contributed by atoms with Gasteiger partial charge in [0.05, 0.1) is 10.6 Å². The molecule has 0 saturated carbocycles. The first-order valence-electron chi connectivity index (χ1n) is 6.65. The SMILES string of the molecule is Cc1sc2c(c1C)CSC(C(=O)Nc1ccc(F)cc1F)=C2. The first kappa shape index (κ1) is 15.2. The summed E-state index contributed by atoms with van der Waals surface area (Å²) in [7, 11) is 0. The predicted molar refractivity (Wildman–Crippen MR) is 88.1 cm³/mol. The molecular weight excluding hydrogens is 324 g/mol. The average molecular weight is 337 g/mol. The highest BCUT2D eigenvalue weighted by atomic mass is 32.2. The zero-order valence-electron chi connectivity index (χ0n) is 12.0. The molecule has 0 spiro atoms. The molecule has 1 aromatic carbocycles. The van der Waals surface area contributed by atoms with Crippen molar-refractivity contribution in [3.05, 3.63) is 55.6 Å². The molecule has 0 saturated heterocycles. The maximum Gasteiger partial charge on any atom is 0.262 e. The highest BCUT2D eigenvalue weighted by Crippen LogP contribution is 2.39. The van der Waals surface area contributed by atoms with Crippen LogP contribution in [0, 0.1) is 25.5 Å². The molecule has 1 N–H and O–H groups in total. The van der Waals surface area contributed by atoms with Gasteiger partial charge < -0.3 is 5.32 Å². The van der Waals surface area contributed by atoms with Gasteiger partial charge in [-0.3, -0.25) is 4.79 Å². The molecule has 2 nitrogen and oxygen atoms in total. The van der Waals surface area contributed by atoms with E-state index in [1.165, 1.54) is 33.8 Å². The molecule has 1 aliphatic heterocycles. The van der Waals surface area contributed by atoms with Crippen molar-refractivity contribution in [3.63, 3.8) is 0 Å². The second-order valence-corrected chi connectivity index (χ2v) is 7.28. The van der Waals surface area contributed by atoms with Gasteiger partial charge in [-0.25, -0.2) is 8.78 Å². The van der Waals surface area contributed by atoms with Gasteiger partial charge in [0, 0.05) is 21.6 Å². The monoisotopic (exact) mass is 337 g/mol. The lowest BCUT2D eigenvalue weighted by Gasteiger charge is -2.14. The molecule has 3 rings (SSSR count). The molecule has 1 aliphatic rings.